The Bertz CT molecular complexity index is 625. The fourth-order valence-electron chi connectivity index (χ4n) is 2.32. The van der Waals surface area contributed by atoms with Gasteiger partial charge in [0.25, 0.3) is 6.43 Å². The number of halogens is 2. The van der Waals surface area contributed by atoms with Crippen LogP contribution in [0.4, 0.5) is 8.78 Å². The van der Waals surface area contributed by atoms with Gasteiger partial charge in [-0.15, -0.1) is 0 Å². The standard InChI is InChI=1S/C10H12F2N2O4S/c1-10(2-3-19(17,18)5-10)14-7(8(11)12)6(4-13-14)9(15)16/h4,8H,2-3,5H2,1H3,(H,15,16). The molecule has 1 saturated heterocycles. The summed E-state index contributed by atoms with van der Waals surface area (Å²) in [5.41, 5.74) is -2.47. The van der Waals surface area contributed by atoms with Gasteiger partial charge in [-0.2, -0.15) is 5.10 Å². The second-order valence-electron chi connectivity index (χ2n) is 4.80. The molecule has 0 spiro atoms. The molecule has 0 bridgehead atoms. The molecule has 1 aromatic heterocycles. The SMILES string of the molecule is CC1(n2ncc(C(=O)O)c2C(F)F)CCS(=O)(=O)C1. The van der Waals surface area contributed by atoms with E-state index < -0.39 is 39.0 Å². The Kier molecular flexibility index (Phi) is 3.12. The van der Waals surface area contributed by atoms with Gasteiger partial charge < -0.3 is 5.11 Å². The Morgan fingerprint density at radius 3 is 2.63 bits per heavy atom. The molecule has 1 aliphatic rings. The van der Waals surface area contributed by atoms with Crippen molar-refractivity contribution in [1.82, 2.24) is 9.78 Å². The van der Waals surface area contributed by atoms with Crippen molar-refractivity contribution in [1.29, 1.82) is 0 Å². The zero-order chi connectivity index (χ0) is 14.4. The Morgan fingerprint density at radius 1 is 1.58 bits per heavy atom. The first-order valence-corrected chi connectivity index (χ1v) is 7.29. The van der Waals surface area contributed by atoms with Gasteiger partial charge in [0, 0.05) is 0 Å². The number of sulfone groups is 1. The molecule has 2 rings (SSSR count). The summed E-state index contributed by atoms with van der Waals surface area (Å²) >= 11 is 0. The topological polar surface area (TPSA) is 89.3 Å². The molecule has 0 amide bonds. The molecule has 106 valence electrons. The Labute approximate surface area is 107 Å². The fourth-order valence-corrected chi connectivity index (χ4v) is 4.43. The van der Waals surface area contributed by atoms with E-state index in [0.717, 1.165) is 10.9 Å². The molecule has 19 heavy (non-hydrogen) atoms. The summed E-state index contributed by atoms with van der Waals surface area (Å²) in [6.45, 7) is 1.49. The van der Waals surface area contributed by atoms with Gasteiger partial charge in [0.15, 0.2) is 9.84 Å². The summed E-state index contributed by atoms with van der Waals surface area (Å²) in [5.74, 6) is -1.94. The number of hydrogen-bond donors (Lipinski definition) is 1. The predicted octanol–water partition coefficient (Wildman–Crippen LogP) is 1.05. The van der Waals surface area contributed by atoms with Crippen molar-refractivity contribution in [3.8, 4) is 0 Å². The van der Waals surface area contributed by atoms with Crippen LogP contribution < -0.4 is 0 Å². The van der Waals surface area contributed by atoms with Crippen molar-refractivity contribution in [2.75, 3.05) is 11.5 Å². The summed E-state index contributed by atoms with van der Waals surface area (Å²) in [6, 6.07) is 0. The van der Waals surface area contributed by atoms with E-state index in [1.54, 1.807) is 0 Å². The van der Waals surface area contributed by atoms with Gasteiger partial charge in [0.05, 0.1) is 23.2 Å². The number of aromatic nitrogens is 2. The first kappa shape index (κ1) is 13.9. The van der Waals surface area contributed by atoms with E-state index in [0.29, 0.717) is 0 Å². The molecule has 1 fully saturated rings. The lowest BCUT2D eigenvalue weighted by Gasteiger charge is -2.25. The van der Waals surface area contributed by atoms with Crippen LogP contribution in [0.3, 0.4) is 0 Å². The minimum atomic E-state index is -3.31. The summed E-state index contributed by atoms with van der Waals surface area (Å²) in [5, 5.41) is 12.5. The number of hydrogen-bond acceptors (Lipinski definition) is 4. The molecule has 1 N–H and O–H groups in total. The minimum absolute atomic E-state index is 0.117. The van der Waals surface area contributed by atoms with E-state index in [4.69, 9.17) is 5.11 Å². The van der Waals surface area contributed by atoms with Crippen molar-refractivity contribution in [3.63, 3.8) is 0 Å². The monoisotopic (exact) mass is 294 g/mol. The number of alkyl halides is 2. The van der Waals surface area contributed by atoms with E-state index in [2.05, 4.69) is 5.10 Å². The van der Waals surface area contributed by atoms with Crippen LogP contribution in [0.15, 0.2) is 6.20 Å². The maximum atomic E-state index is 13.0. The van der Waals surface area contributed by atoms with Crippen molar-refractivity contribution in [2.24, 2.45) is 0 Å². The van der Waals surface area contributed by atoms with E-state index in [9.17, 15) is 22.0 Å². The molecule has 1 unspecified atom stereocenters. The molecule has 1 aliphatic heterocycles. The van der Waals surface area contributed by atoms with Crippen molar-refractivity contribution in [3.05, 3.63) is 17.5 Å². The molecular formula is C10H12F2N2O4S. The largest absolute Gasteiger partial charge is 0.478 e. The van der Waals surface area contributed by atoms with Crippen molar-refractivity contribution in [2.45, 2.75) is 25.3 Å². The van der Waals surface area contributed by atoms with Gasteiger partial charge in [-0.3, -0.25) is 4.68 Å². The second kappa shape index (κ2) is 4.26. The lowest BCUT2D eigenvalue weighted by molar-refractivity contribution is 0.0679. The highest BCUT2D eigenvalue weighted by molar-refractivity contribution is 7.91. The lowest BCUT2D eigenvalue weighted by Crippen LogP contribution is -2.34. The highest BCUT2D eigenvalue weighted by atomic mass is 32.2. The average molecular weight is 294 g/mol. The Hall–Kier alpha value is -1.51. The normalized spacial score (nSPS) is 25.9. The average Bonchev–Trinajstić information content (AvgIpc) is 2.80. The lowest BCUT2D eigenvalue weighted by atomic mass is 10.0. The maximum absolute atomic E-state index is 13.0. The Morgan fingerprint density at radius 2 is 2.21 bits per heavy atom. The molecule has 6 nitrogen and oxygen atoms in total. The van der Waals surface area contributed by atoms with E-state index in [-0.39, 0.29) is 17.9 Å². The smallest absolute Gasteiger partial charge is 0.339 e. The summed E-state index contributed by atoms with van der Waals surface area (Å²) in [6.07, 6.45) is -2.07. The van der Waals surface area contributed by atoms with Gasteiger partial charge in [-0.1, -0.05) is 0 Å². The molecule has 0 aliphatic carbocycles. The van der Waals surface area contributed by atoms with Crippen LogP contribution in [-0.2, 0) is 15.4 Å². The number of rotatable bonds is 3. The third-order valence-corrected chi connectivity index (χ3v) is 5.13. The number of carboxylic acids is 1. The van der Waals surface area contributed by atoms with Crippen LogP contribution in [0.1, 0.15) is 35.8 Å². The number of nitrogens with zero attached hydrogens (tertiary/aromatic N) is 2. The number of aromatic carboxylic acids is 1. The first-order valence-electron chi connectivity index (χ1n) is 5.46. The Balaban J connectivity index is 2.55. The first-order chi connectivity index (χ1) is 8.66. The zero-order valence-electron chi connectivity index (χ0n) is 10.0. The van der Waals surface area contributed by atoms with Crippen LogP contribution in [-0.4, -0.2) is 40.8 Å². The van der Waals surface area contributed by atoms with Crippen molar-refractivity contribution < 1.29 is 27.1 Å². The van der Waals surface area contributed by atoms with E-state index >= 15 is 0 Å². The van der Waals surface area contributed by atoms with Crippen LogP contribution in [0.25, 0.3) is 0 Å². The molecule has 9 heteroatoms. The molecule has 2 heterocycles. The predicted molar refractivity (Wildman–Crippen MR) is 61.1 cm³/mol. The molecule has 1 atom stereocenters. The maximum Gasteiger partial charge on any atom is 0.339 e. The highest BCUT2D eigenvalue weighted by Crippen LogP contribution is 2.35. The molecular weight excluding hydrogens is 282 g/mol. The third kappa shape index (κ3) is 2.34. The summed E-state index contributed by atoms with van der Waals surface area (Å²) in [4.78, 5) is 10.9. The molecule has 0 radical (unpaired) electrons. The fraction of sp³-hybridized carbons (Fsp3) is 0.600. The van der Waals surface area contributed by atoms with Gasteiger partial charge in [0.1, 0.15) is 11.3 Å². The third-order valence-electron chi connectivity index (χ3n) is 3.24. The van der Waals surface area contributed by atoms with E-state index in [1.165, 1.54) is 6.92 Å². The van der Waals surface area contributed by atoms with Crippen LogP contribution in [0, 0.1) is 0 Å². The van der Waals surface area contributed by atoms with Crippen LogP contribution in [0.5, 0.6) is 0 Å². The quantitative estimate of drug-likeness (QED) is 0.900. The minimum Gasteiger partial charge on any atom is -0.478 e. The summed E-state index contributed by atoms with van der Waals surface area (Å²) in [7, 11) is -3.31. The van der Waals surface area contributed by atoms with Crippen LogP contribution in [0.2, 0.25) is 0 Å². The van der Waals surface area contributed by atoms with Gasteiger partial charge in [-0.25, -0.2) is 22.0 Å². The van der Waals surface area contributed by atoms with Gasteiger partial charge in [-0.05, 0) is 13.3 Å². The number of carboxylic acid groups (broad SMARTS) is 1. The van der Waals surface area contributed by atoms with Crippen molar-refractivity contribution >= 4 is 15.8 Å². The van der Waals surface area contributed by atoms with Gasteiger partial charge >= 0.3 is 5.97 Å². The second-order valence-corrected chi connectivity index (χ2v) is 6.98. The highest BCUT2D eigenvalue weighted by Gasteiger charge is 2.43. The van der Waals surface area contributed by atoms with Gasteiger partial charge in [0.2, 0.25) is 0 Å². The zero-order valence-corrected chi connectivity index (χ0v) is 10.8. The number of carbonyl (C=O) groups is 1. The molecule has 0 aromatic carbocycles. The van der Waals surface area contributed by atoms with E-state index in [1.807, 2.05) is 0 Å². The van der Waals surface area contributed by atoms with Crippen LogP contribution >= 0.6 is 0 Å². The molecule has 0 saturated carbocycles. The summed E-state index contributed by atoms with van der Waals surface area (Å²) < 4.78 is 49.9. The molecule has 1 aromatic rings.